The van der Waals surface area contributed by atoms with Crippen LogP contribution in [-0.4, -0.2) is 0 Å². The van der Waals surface area contributed by atoms with E-state index in [-0.39, 0.29) is 0 Å². The van der Waals surface area contributed by atoms with Gasteiger partial charge in [-0.1, -0.05) is 105 Å². The third-order valence-corrected chi connectivity index (χ3v) is 2.61. The van der Waals surface area contributed by atoms with Crippen LogP contribution in [0.15, 0.2) is 78.1 Å². The number of hydrogen-bond donors (Lipinski definition) is 1. The number of benzene rings is 1. The first-order valence-corrected chi connectivity index (χ1v) is 10.0. The van der Waals surface area contributed by atoms with Gasteiger partial charge in [0.05, 0.1) is 0 Å². The average Bonchev–Trinajstić information content (AvgIpc) is 2.68. The van der Waals surface area contributed by atoms with Crippen molar-refractivity contribution < 1.29 is 0 Å². The number of nitrogen functional groups attached to an aromatic ring is 1. The molecule has 0 bridgehead atoms. The maximum Gasteiger partial charge on any atom is 0.0325 e. The van der Waals surface area contributed by atoms with Crippen molar-refractivity contribution in [2.45, 2.75) is 67.2 Å². The van der Waals surface area contributed by atoms with Crippen LogP contribution in [0, 0.1) is 0 Å². The predicted molar refractivity (Wildman–Crippen MR) is 126 cm³/mol. The summed E-state index contributed by atoms with van der Waals surface area (Å²) in [6.07, 6.45) is 7.21. The Morgan fingerprint density at radius 1 is 0.920 bits per heavy atom. The van der Waals surface area contributed by atoms with Gasteiger partial charge in [-0.2, -0.15) is 0 Å². The summed E-state index contributed by atoms with van der Waals surface area (Å²) in [7, 11) is 0. The summed E-state index contributed by atoms with van der Waals surface area (Å²) in [5.74, 6) is 0. The molecule has 0 aromatic heterocycles. The van der Waals surface area contributed by atoms with Gasteiger partial charge in [-0.25, -0.2) is 0 Å². The SMILES string of the molecule is C=C/C=C(\C=C)Sc1cccc(N)c1.C=CC.CC.CC.CC.CC. The van der Waals surface area contributed by atoms with E-state index in [1.54, 1.807) is 30.0 Å². The molecule has 0 aliphatic rings. The molecular formula is C23H43NS. The van der Waals surface area contributed by atoms with E-state index in [2.05, 4.69) is 19.7 Å². The average molecular weight is 366 g/mol. The number of thioether (sulfide) groups is 1. The smallest absolute Gasteiger partial charge is 0.0325 e. The van der Waals surface area contributed by atoms with Gasteiger partial charge in [-0.15, -0.1) is 6.58 Å². The van der Waals surface area contributed by atoms with E-state index in [0.717, 1.165) is 15.5 Å². The van der Waals surface area contributed by atoms with Crippen molar-refractivity contribution in [2.24, 2.45) is 0 Å². The molecule has 1 rings (SSSR count). The molecule has 0 radical (unpaired) electrons. The maximum absolute atomic E-state index is 5.67. The van der Waals surface area contributed by atoms with Gasteiger partial charge in [0, 0.05) is 15.5 Å². The minimum Gasteiger partial charge on any atom is -0.399 e. The second kappa shape index (κ2) is 38.1. The first-order chi connectivity index (χ1) is 12.2. The topological polar surface area (TPSA) is 26.0 Å². The van der Waals surface area contributed by atoms with Crippen LogP contribution < -0.4 is 5.73 Å². The Kier molecular flexibility index (Phi) is 52.8. The predicted octanol–water partition coefficient (Wildman–Crippen LogP) is 8.91. The zero-order valence-electron chi connectivity index (χ0n) is 18.2. The molecule has 1 aromatic carbocycles. The van der Waals surface area contributed by atoms with Crippen molar-refractivity contribution in [3.05, 3.63) is 73.2 Å². The van der Waals surface area contributed by atoms with Gasteiger partial charge in [0.2, 0.25) is 0 Å². The molecule has 2 heteroatoms. The van der Waals surface area contributed by atoms with Gasteiger partial charge in [0.25, 0.3) is 0 Å². The second-order valence-corrected chi connectivity index (χ2v) is 4.24. The third kappa shape index (κ3) is 30.7. The molecule has 0 atom stereocenters. The quantitative estimate of drug-likeness (QED) is 0.249. The van der Waals surface area contributed by atoms with Gasteiger partial charge in [-0.05, 0) is 31.2 Å². The molecule has 0 saturated carbocycles. The molecule has 0 aliphatic carbocycles. The fourth-order valence-corrected chi connectivity index (χ4v) is 1.84. The van der Waals surface area contributed by atoms with Crippen LogP contribution in [0.1, 0.15) is 62.3 Å². The molecule has 25 heavy (non-hydrogen) atoms. The molecule has 0 unspecified atom stereocenters. The summed E-state index contributed by atoms with van der Waals surface area (Å²) in [5, 5.41) is 0. The molecule has 0 saturated heterocycles. The summed E-state index contributed by atoms with van der Waals surface area (Å²) in [5.41, 5.74) is 6.45. The molecule has 0 spiro atoms. The van der Waals surface area contributed by atoms with E-state index in [1.165, 1.54) is 0 Å². The van der Waals surface area contributed by atoms with E-state index in [9.17, 15) is 0 Å². The Morgan fingerprint density at radius 2 is 1.36 bits per heavy atom. The third-order valence-electron chi connectivity index (χ3n) is 1.58. The first-order valence-electron chi connectivity index (χ1n) is 9.23. The van der Waals surface area contributed by atoms with Crippen LogP contribution in [0.4, 0.5) is 5.69 Å². The van der Waals surface area contributed by atoms with Crippen molar-refractivity contribution in [1.29, 1.82) is 0 Å². The highest BCUT2D eigenvalue weighted by Gasteiger charge is 1.96. The summed E-state index contributed by atoms with van der Waals surface area (Å²) < 4.78 is 0. The molecular weight excluding hydrogens is 322 g/mol. The molecule has 0 fully saturated rings. The van der Waals surface area contributed by atoms with Crippen LogP contribution in [0.5, 0.6) is 0 Å². The van der Waals surface area contributed by atoms with E-state index in [1.807, 2.05) is 92.7 Å². The number of allylic oxidation sites excluding steroid dienone is 4. The van der Waals surface area contributed by atoms with Crippen molar-refractivity contribution in [3.63, 3.8) is 0 Å². The van der Waals surface area contributed by atoms with Crippen molar-refractivity contribution in [2.75, 3.05) is 5.73 Å². The van der Waals surface area contributed by atoms with Crippen molar-refractivity contribution >= 4 is 17.4 Å². The molecule has 0 amide bonds. The monoisotopic (exact) mass is 365 g/mol. The number of nitrogens with two attached hydrogens (primary N) is 1. The van der Waals surface area contributed by atoms with Crippen LogP contribution in [0.2, 0.25) is 0 Å². The Hall–Kier alpha value is -1.67. The van der Waals surface area contributed by atoms with E-state index in [0.29, 0.717) is 0 Å². The lowest BCUT2D eigenvalue weighted by atomic mass is 10.3. The minimum absolute atomic E-state index is 0.775. The standard InChI is InChI=1S/C12H13NS.C3H6.4C2H6/c1-3-6-11(4-2)14-12-8-5-7-10(13)9-12;1-3-2;4*1-2/h3-9H,1-2,13H2;3H,1H2,2H3;4*1-2H3/b11-6+;;;;;. The summed E-state index contributed by atoms with van der Waals surface area (Å²) in [4.78, 5) is 2.17. The highest BCUT2D eigenvalue weighted by atomic mass is 32.2. The highest BCUT2D eigenvalue weighted by Crippen LogP contribution is 2.28. The minimum atomic E-state index is 0.775. The fourth-order valence-electron chi connectivity index (χ4n) is 0.974. The maximum atomic E-state index is 5.67. The Balaban J connectivity index is -0.000000103. The zero-order chi connectivity index (χ0) is 21.1. The lowest BCUT2D eigenvalue weighted by Crippen LogP contribution is -1.83. The summed E-state index contributed by atoms with van der Waals surface area (Å²) in [6.45, 7) is 28.6. The largest absolute Gasteiger partial charge is 0.399 e. The van der Waals surface area contributed by atoms with Crippen LogP contribution >= 0.6 is 11.8 Å². The number of hydrogen-bond acceptors (Lipinski definition) is 2. The zero-order valence-corrected chi connectivity index (χ0v) is 19.0. The van der Waals surface area contributed by atoms with Crippen molar-refractivity contribution in [1.82, 2.24) is 0 Å². The summed E-state index contributed by atoms with van der Waals surface area (Å²) in [6, 6.07) is 7.76. The molecule has 2 N–H and O–H groups in total. The highest BCUT2D eigenvalue weighted by molar-refractivity contribution is 8.03. The van der Waals surface area contributed by atoms with Crippen LogP contribution in [0.25, 0.3) is 0 Å². The van der Waals surface area contributed by atoms with E-state index >= 15 is 0 Å². The number of anilines is 1. The van der Waals surface area contributed by atoms with Crippen molar-refractivity contribution in [3.8, 4) is 0 Å². The van der Waals surface area contributed by atoms with Gasteiger partial charge in [0.15, 0.2) is 0 Å². The fraction of sp³-hybridized carbons (Fsp3) is 0.391. The van der Waals surface area contributed by atoms with Crippen LogP contribution in [0.3, 0.4) is 0 Å². The molecule has 146 valence electrons. The Labute approximate surface area is 163 Å². The normalized spacial score (nSPS) is 7.64. The Morgan fingerprint density at radius 3 is 1.68 bits per heavy atom. The Bertz CT molecular complexity index is 406. The molecule has 1 aromatic rings. The lowest BCUT2D eigenvalue weighted by Gasteiger charge is -2.02. The summed E-state index contributed by atoms with van der Waals surface area (Å²) >= 11 is 1.62. The number of rotatable bonds is 4. The lowest BCUT2D eigenvalue weighted by molar-refractivity contribution is 1.47. The molecule has 0 aliphatic heterocycles. The van der Waals surface area contributed by atoms with E-state index < -0.39 is 0 Å². The first kappa shape index (κ1) is 34.6. The molecule has 0 heterocycles. The van der Waals surface area contributed by atoms with Gasteiger partial charge >= 0.3 is 0 Å². The van der Waals surface area contributed by atoms with Crippen LogP contribution in [-0.2, 0) is 0 Å². The second-order valence-electron chi connectivity index (χ2n) is 3.09. The van der Waals surface area contributed by atoms with E-state index in [4.69, 9.17) is 5.73 Å². The molecule has 1 nitrogen and oxygen atoms in total. The van der Waals surface area contributed by atoms with Gasteiger partial charge in [0.1, 0.15) is 0 Å². The van der Waals surface area contributed by atoms with Gasteiger partial charge in [-0.3, -0.25) is 0 Å². The van der Waals surface area contributed by atoms with Gasteiger partial charge < -0.3 is 5.73 Å².